The quantitative estimate of drug-likeness (QED) is 0.442. The third-order valence-corrected chi connectivity index (χ3v) is 5.82. The second-order valence-corrected chi connectivity index (χ2v) is 8.25. The molecule has 0 unspecified atom stereocenters. The van der Waals surface area contributed by atoms with Crippen molar-refractivity contribution in [1.29, 1.82) is 0 Å². The number of aliphatic carboxylic acids is 1. The smallest absolute Gasteiger partial charge is 0.340 e. The lowest BCUT2D eigenvalue weighted by atomic mass is 10.0. The first kappa shape index (κ1) is 21.0. The molecule has 8 heteroatoms. The summed E-state index contributed by atoms with van der Waals surface area (Å²) < 4.78 is 10.8. The van der Waals surface area contributed by atoms with Crippen LogP contribution in [0.4, 0.5) is 0 Å². The van der Waals surface area contributed by atoms with Crippen molar-refractivity contribution in [3.63, 3.8) is 0 Å². The van der Waals surface area contributed by atoms with E-state index < -0.39 is 23.5 Å². The fraction of sp³-hybridized carbons (Fsp3) is 0.381. The molecule has 0 aliphatic heterocycles. The number of aryl methyl sites for hydroxylation is 2. The van der Waals surface area contributed by atoms with Crippen molar-refractivity contribution in [2.45, 2.75) is 39.7 Å². The molecule has 3 aromatic rings. The van der Waals surface area contributed by atoms with Gasteiger partial charge in [-0.15, -0.1) is 0 Å². The maximum absolute atomic E-state index is 12.5. The number of carboxylic acids is 1. The van der Waals surface area contributed by atoms with Gasteiger partial charge in [0.1, 0.15) is 11.2 Å². The molecule has 0 fully saturated rings. The van der Waals surface area contributed by atoms with Crippen LogP contribution in [0.3, 0.4) is 0 Å². The fourth-order valence-corrected chi connectivity index (χ4v) is 3.93. The van der Waals surface area contributed by atoms with Crippen molar-refractivity contribution < 1.29 is 23.5 Å². The summed E-state index contributed by atoms with van der Waals surface area (Å²) in [4.78, 5) is 36.2. The summed E-state index contributed by atoms with van der Waals surface area (Å²) in [5, 5.41) is 15.4. The van der Waals surface area contributed by atoms with Gasteiger partial charge in [-0.25, -0.2) is 4.79 Å². The Kier molecular flexibility index (Phi) is 6.32. The summed E-state index contributed by atoms with van der Waals surface area (Å²) in [6, 6.07) is 2.44. The van der Waals surface area contributed by atoms with Crippen molar-refractivity contribution in [3.05, 3.63) is 45.5 Å². The Labute approximate surface area is 171 Å². The molecule has 0 spiro atoms. The van der Waals surface area contributed by atoms with Crippen LogP contribution in [0.5, 0.6) is 0 Å². The number of nitrogens with one attached hydrogen (secondary N) is 1. The van der Waals surface area contributed by atoms with Gasteiger partial charge in [0.15, 0.2) is 0 Å². The number of fused-ring (bicyclic) bond motifs is 2. The van der Waals surface area contributed by atoms with Crippen LogP contribution in [0.25, 0.3) is 21.9 Å². The van der Waals surface area contributed by atoms with Gasteiger partial charge in [0.25, 0.3) is 0 Å². The second-order valence-electron chi connectivity index (χ2n) is 6.86. The van der Waals surface area contributed by atoms with Gasteiger partial charge in [-0.2, -0.15) is 11.8 Å². The zero-order valence-electron chi connectivity index (χ0n) is 16.5. The van der Waals surface area contributed by atoms with Crippen LogP contribution in [-0.2, 0) is 16.0 Å². The van der Waals surface area contributed by atoms with Crippen LogP contribution in [-0.4, -0.2) is 29.4 Å². The number of carbonyl (C=O) groups is 2. The normalized spacial score (nSPS) is 12.4. The highest BCUT2D eigenvalue weighted by Crippen LogP contribution is 2.28. The molecular weight excluding hydrogens is 394 g/mol. The highest BCUT2D eigenvalue weighted by Gasteiger charge is 2.19. The van der Waals surface area contributed by atoms with Crippen LogP contribution < -0.4 is 16.0 Å². The molecule has 0 radical (unpaired) electrons. The SMILES string of the molecule is CCSCC[C@H](NC(=O)Cc1c(C)c2cc3c(C)coc3cc2oc1=O)C(=O)[O-]. The van der Waals surface area contributed by atoms with E-state index in [0.29, 0.717) is 27.9 Å². The molecule has 2 heterocycles. The average molecular weight is 416 g/mol. The summed E-state index contributed by atoms with van der Waals surface area (Å²) in [7, 11) is 0. The molecule has 29 heavy (non-hydrogen) atoms. The number of carbonyl (C=O) groups excluding carboxylic acids is 2. The minimum atomic E-state index is -1.34. The molecule has 1 amide bonds. The summed E-state index contributed by atoms with van der Waals surface area (Å²) >= 11 is 1.58. The molecule has 1 N–H and O–H groups in total. The van der Waals surface area contributed by atoms with Crippen molar-refractivity contribution in [2.75, 3.05) is 11.5 Å². The standard InChI is InChI=1S/C21H23NO6S/c1-4-29-6-5-16(20(24)25)22-19(23)8-15-12(3)14-7-13-11(2)10-27-17(13)9-18(14)28-21(15)26/h7,9-10,16H,4-6,8H2,1-3H3,(H,22,23)(H,24,25)/p-1/t16-/m0/s1. The molecule has 0 saturated heterocycles. The number of carboxylic acid groups (broad SMARTS) is 1. The van der Waals surface area contributed by atoms with E-state index >= 15 is 0 Å². The van der Waals surface area contributed by atoms with E-state index in [1.807, 2.05) is 19.9 Å². The van der Waals surface area contributed by atoms with Crippen molar-refractivity contribution in [3.8, 4) is 0 Å². The summed E-state index contributed by atoms with van der Waals surface area (Å²) in [5.41, 5.74) is 2.15. The molecule has 0 saturated carbocycles. The Balaban J connectivity index is 1.87. The summed E-state index contributed by atoms with van der Waals surface area (Å²) in [6.07, 6.45) is 1.62. The monoisotopic (exact) mass is 416 g/mol. The maximum atomic E-state index is 12.5. The first-order valence-electron chi connectivity index (χ1n) is 9.34. The largest absolute Gasteiger partial charge is 0.548 e. The first-order valence-corrected chi connectivity index (χ1v) is 10.5. The lowest BCUT2D eigenvalue weighted by Gasteiger charge is -2.19. The molecule has 1 atom stereocenters. The molecule has 7 nitrogen and oxygen atoms in total. The topological polar surface area (TPSA) is 113 Å². The van der Waals surface area contributed by atoms with Crippen molar-refractivity contribution >= 4 is 45.6 Å². The summed E-state index contributed by atoms with van der Waals surface area (Å²) in [5.74, 6) is -0.452. The molecular formula is C21H22NO6S-. The highest BCUT2D eigenvalue weighted by molar-refractivity contribution is 7.99. The van der Waals surface area contributed by atoms with Gasteiger partial charge in [-0.05, 0) is 49.0 Å². The lowest BCUT2D eigenvalue weighted by Crippen LogP contribution is -2.48. The Morgan fingerprint density at radius 2 is 1.97 bits per heavy atom. The average Bonchev–Trinajstić information content (AvgIpc) is 3.03. The molecule has 3 rings (SSSR count). The first-order chi connectivity index (χ1) is 13.8. The van der Waals surface area contributed by atoms with E-state index in [1.165, 1.54) is 0 Å². The van der Waals surface area contributed by atoms with Crippen LogP contribution in [0.1, 0.15) is 30.0 Å². The molecule has 154 valence electrons. The Bertz CT molecular complexity index is 1130. The lowest BCUT2D eigenvalue weighted by molar-refractivity contribution is -0.308. The zero-order valence-corrected chi connectivity index (χ0v) is 17.3. The predicted octanol–water partition coefficient (Wildman–Crippen LogP) is 2.08. The van der Waals surface area contributed by atoms with Crippen LogP contribution in [0.15, 0.2) is 32.0 Å². The van der Waals surface area contributed by atoms with Crippen LogP contribution in [0, 0.1) is 13.8 Å². The third kappa shape index (κ3) is 4.48. The van der Waals surface area contributed by atoms with E-state index in [4.69, 9.17) is 8.83 Å². The Morgan fingerprint density at radius 1 is 1.21 bits per heavy atom. The van der Waals surface area contributed by atoms with E-state index in [0.717, 1.165) is 16.7 Å². The Hall–Kier alpha value is -2.74. The van der Waals surface area contributed by atoms with Crippen molar-refractivity contribution in [2.24, 2.45) is 0 Å². The second kappa shape index (κ2) is 8.73. The highest BCUT2D eigenvalue weighted by atomic mass is 32.2. The van der Waals surface area contributed by atoms with Gasteiger partial charge in [0, 0.05) is 16.8 Å². The Morgan fingerprint density at radius 3 is 2.66 bits per heavy atom. The number of furan rings is 1. The number of amides is 1. The van der Waals surface area contributed by atoms with E-state index in [9.17, 15) is 19.5 Å². The van der Waals surface area contributed by atoms with Gasteiger partial charge >= 0.3 is 5.63 Å². The number of rotatable bonds is 8. The van der Waals surface area contributed by atoms with Crippen LogP contribution in [0.2, 0.25) is 0 Å². The fourth-order valence-electron chi connectivity index (χ4n) is 3.24. The maximum Gasteiger partial charge on any atom is 0.340 e. The van der Waals surface area contributed by atoms with E-state index in [-0.39, 0.29) is 18.4 Å². The van der Waals surface area contributed by atoms with Gasteiger partial charge in [-0.1, -0.05) is 6.92 Å². The minimum absolute atomic E-state index is 0.204. The minimum Gasteiger partial charge on any atom is -0.548 e. The van der Waals surface area contributed by atoms with Gasteiger partial charge < -0.3 is 24.1 Å². The van der Waals surface area contributed by atoms with E-state index in [1.54, 1.807) is 31.0 Å². The predicted molar refractivity (Wildman–Crippen MR) is 110 cm³/mol. The van der Waals surface area contributed by atoms with Gasteiger partial charge in [-0.3, -0.25) is 4.79 Å². The van der Waals surface area contributed by atoms with Gasteiger partial charge in [0.2, 0.25) is 5.91 Å². The van der Waals surface area contributed by atoms with Gasteiger partial charge in [0.05, 0.1) is 30.3 Å². The molecule has 0 bridgehead atoms. The molecule has 2 aromatic heterocycles. The van der Waals surface area contributed by atoms with E-state index in [2.05, 4.69) is 5.32 Å². The number of hydrogen-bond acceptors (Lipinski definition) is 7. The number of benzene rings is 1. The van der Waals surface area contributed by atoms with Crippen LogP contribution >= 0.6 is 11.8 Å². The number of thioether (sulfide) groups is 1. The molecule has 0 aliphatic carbocycles. The number of hydrogen-bond donors (Lipinski definition) is 1. The summed E-state index contributed by atoms with van der Waals surface area (Å²) in [6.45, 7) is 5.63. The third-order valence-electron chi connectivity index (χ3n) is 4.89. The zero-order chi connectivity index (χ0) is 21.1. The van der Waals surface area contributed by atoms with Crippen molar-refractivity contribution in [1.82, 2.24) is 5.32 Å². The molecule has 0 aliphatic rings. The molecule has 1 aromatic carbocycles.